The van der Waals surface area contributed by atoms with Crippen molar-refractivity contribution in [2.24, 2.45) is 5.84 Å². The standard InChI is InChI=1S/C12H12ClN3O/c1-8-6-9(2-3-11(8)13)17-10-4-5-15-12(7-10)16-14/h2-7H,14H2,1H3,(H,15,16). The van der Waals surface area contributed by atoms with Crippen molar-refractivity contribution in [1.29, 1.82) is 0 Å². The molecular formula is C12H12ClN3O. The quantitative estimate of drug-likeness (QED) is 0.648. The van der Waals surface area contributed by atoms with Crippen LogP contribution in [0.1, 0.15) is 5.56 Å². The summed E-state index contributed by atoms with van der Waals surface area (Å²) in [6, 6.07) is 8.95. The van der Waals surface area contributed by atoms with Gasteiger partial charge in [-0.3, -0.25) is 0 Å². The molecule has 0 bridgehead atoms. The molecule has 2 rings (SSSR count). The van der Waals surface area contributed by atoms with E-state index in [-0.39, 0.29) is 0 Å². The molecule has 0 radical (unpaired) electrons. The largest absolute Gasteiger partial charge is 0.457 e. The van der Waals surface area contributed by atoms with Crippen LogP contribution in [0.2, 0.25) is 5.02 Å². The van der Waals surface area contributed by atoms with E-state index < -0.39 is 0 Å². The van der Waals surface area contributed by atoms with Crippen molar-refractivity contribution in [3.05, 3.63) is 47.1 Å². The molecule has 3 N–H and O–H groups in total. The highest BCUT2D eigenvalue weighted by atomic mass is 35.5. The zero-order valence-electron chi connectivity index (χ0n) is 9.27. The van der Waals surface area contributed by atoms with Crippen molar-refractivity contribution in [2.45, 2.75) is 6.92 Å². The van der Waals surface area contributed by atoms with Crippen LogP contribution in [0.25, 0.3) is 0 Å². The van der Waals surface area contributed by atoms with Crippen LogP contribution in [0.5, 0.6) is 11.5 Å². The summed E-state index contributed by atoms with van der Waals surface area (Å²) in [5.41, 5.74) is 3.43. The number of nitrogens with zero attached hydrogens (tertiary/aromatic N) is 1. The monoisotopic (exact) mass is 249 g/mol. The molecule has 4 nitrogen and oxygen atoms in total. The minimum absolute atomic E-state index is 0.549. The molecule has 2 aromatic rings. The van der Waals surface area contributed by atoms with E-state index in [1.54, 1.807) is 24.4 Å². The van der Waals surface area contributed by atoms with Crippen LogP contribution in [-0.4, -0.2) is 4.98 Å². The Hall–Kier alpha value is -1.78. The van der Waals surface area contributed by atoms with Crippen LogP contribution in [0, 0.1) is 6.92 Å². The number of hydrazine groups is 1. The lowest BCUT2D eigenvalue weighted by Crippen LogP contribution is -2.08. The first-order chi connectivity index (χ1) is 8.19. The van der Waals surface area contributed by atoms with Gasteiger partial charge in [0.15, 0.2) is 0 Å². The highest BCUT2D eigenvalue weighted by molar-refractivity contribution is 6.31. The van der Waals surface area contributed by atoms with E-state index in [1.165, 1.54) is 0 Å². The average molecular weight is 250 g/mol. The highest BCUT2D eigenvalue weighted by Crippen LogP contribution is 2.26. The predicted molar refractivity (Wildman–Crippen MR) is 68.3 cm³/mol. The number of rotatable bonds is 3. The predicted octanol–water partition coefficient (Wildman–Crippen LogP) is 3.12. The Morgan fingerprint density at radius 3 is 2.71 bits per heavy atom. The molecule has 0 fully saturated rings. The summed E-state index contributed by atoms with van der Waals surface area (Å²) in [6.07, 6.45) is 1.62. The molecule has 0 aliphatic rings. The number of nitrogens with two attached hydrogens (primary N) is 1. The van der Waals surface area contributed by atoms with Gasteiger partial charge in [0.25, 0.3) is 0 Å². The van der Waals surface area contributed by atoms with E-state index in [0.717, 1.165) is 16.3 Å². The summed E-state index contributed by atoms with van der Waals surface area (Å²) in [7, 11) is 0. The van der Waals surface area contributed by atoms with Gasteiger partial charge in [-0.05, 0) is 36.8 Å². The van der Waals surface area contributed by atoms with Crippen LogP contribution < -0.4 is 16.0 Å². The number of aryl methyl sites for hydroxylation is 1. The minimum Gasteiger partial charge on any atom is -0.457 e. The van der Waals surface area contributed by atoms with Gasteiger partial charge >= 0.3 is 0 Å². The number of hydrogen-bond acceptors (Lipinski definition) is 4. The molecule has 0 aliphatic carbocycles. The summed E-state index contributed by atoms with van der Waals surface area (Å²) >= 11 is 5.94. The van der Waals surface area contributed by atoms with Gasteiger partial charge in [0.2, 0.25) is 0 Å². The van der Waals surface area contributed by atoms with Gasteiger partial charge < -0.3 is 10.2 Å². The number of benzene rings is 1. The van der Waals surface area contributed by atoms with Crippen LogP contribution in [0.15, 0.2) is 36.5 Å². The lowest BCUT2D eigenvalue weighted by atomic mass is 10.2. The summed E-state index contributed by atoms with van der Waals surface area (Å²) in [6.45, 7) is 1.93. The fraction of sp³-hybridized carbons (Fsp3) is 0.0833. The van der Waals surface area contributed by atoms with E-state index in [1.807, 2.05) is 19.1 Å². The third kappa shape index (κ3) is 2.87. The maximum Gasteiger partial charge on any atom is 0.143 e. The van der Waals surface area contributed by atoms with Crippen molar-refractivity contribution >= 4 is 17.4 Å². The summed E-state index contributed by atoms with van der Waals surface area (Å²) in [4.78, 5) is 3.99. The Bertz CT molecular complexity index is 531. The number of ether oxygens (including phenoxy) is 1. The Morgan fingerprint density at radius 2 is 2.00 bits per heavy atom. The van der Waals surface area contributed by atoms with Gasteiger partial charge in [0.05, 0.1) is 0 Å². The van der Waals surface area contributed by atoms with Crippen LogP contribution >= 0.6 is 11.6 Å². The van der Waals surface area contributed by atoms with Gasteiger partial charge in [-0.1, -0.05) is 11.6 Å². The highest BCUT2D eigenvalue weighted by Gasteiger charge is 2.01. The first kappa shape index (κ1) is 11.7. The number of hydrogen-bond donors (Lipinski definition) is 2. The molecule has 0 saturated heterocycles. The van der Waals surface area contributed by atoms with Crippen LogP contribution in [0.3, 0.4) is 0 Å². The molecule has 17 heavy (non-hydrogen) atoms. The Balaban J connectivity index is 2.22. The fourth-order valence-electron chi connectivity index (χ4n) is 1.37. The maximum atomic E-state index is 5.94. The average Bonchev–Trinajstić information content (AvgIpc) is 2.34. The van der Waals surface area contributed by atoms with E-state index in [0.29, 0.717) is 11.6 Å². The zero-order valence-corrected chi connectivity index (χ0v) is 10.0. The lowest BCUT2D eigenvalue weighted by Gasteiger charge is -2.08. The van der Waals surface area contributed by atoms with Gasteiger partial charge in [-0.2, -0.15) is 0 Å². The molecule has 0 aliphatic heterocycles. The third-order valence-corrected chi connectivity index (χ3v) is 2.67. The molecule has 0 unspecified atom stereocenters. The Morgan fingerprint density at radius 1 is 1.24 bits per heavy atom. The normalized spacial score (nSPS) is 10.1. The number of nitrogens with one attached hydrogen (secondary N) is 1. The van der Waals surface area contributed by atoms with E-state index in [9.17, 15) is 0 Å². The minimum atomic E-state index is 0.549. The zero-order chi connectivity index (χ0) is 12.3. The van der Waals surface area contributed by atoms with Gasteiger partial charge in [0, 0.05) is 17.3 Å². The topological polar surface area (TPSA) is 60.2 Å². The Kier molecular flexibility index (Phi) is 3.46. The molecule has 0 spiro atoms. The van der Waals surface area contributed by atoms with Crippen molar-refractivity contribution in [3.8, 4) is 11.5 Å². The second kappa shape index (κ2) is 5.03. The SMILES string of the molecule is Cc1cc(Oc2ccnc(NN)c2)ccc1Cl. The molecule has 1 aromatic carbocycles. The maximum absolute atomic E-state index is 5.94. The second-order valence-electron chi connectivity index (χ2n) is 3.53. The number of nitrogen functional groups attached to an aromatic ring is 1. The number of halogens is 1. The van der Waals surface area contributed by atoms with E-state index in [2.05, 4.69) is 10.4 Å². The molecule has 88 valence electrons. The van der Waals surface area contributed by atoms with Crippen molar-refractivity contribution in [3.63, 3.8) is 0 Å². The summed E-state index contributed by atoms with van der Waals surface area (Å²) in [5, 5.41) is 0.719. The summed E-state index contributed by atoms with van der Waals surface area (Å²) < 4.78 is 5.66. The van der Waals surface area contributed by atoms with Crippen molar-refractivity contribution in [1.82, 2.24) is 4.98 Å². The van der Waals surface area contributed by atoms with Gasteiger partial charge in [-0.15, -0.1) is 0 Å². The first-order valence-electron chi connectivity index (χ1n) is 5.06. The Labute approximate surface area is 104 Å². The number of pyridine rings is 1. The molecule has 0 amide bonds. The number of aromatic nitrogens is 1. The molecule has 1 heterocycles. The van der Waals surface area contributed by atoms with Crippen molar-refractivity contribution in [2.75, 3.05) is 5.43 Å². The molecular weight excluding hydrogens is 238 g/mol. The van der Waals surface area contributed by atoms with Crippen LogP contribution in [0.4, 0.5) is 5.82 Å². The number of anilines is 1. The van der Waals surface area contributed by atoms with Gasteiger partial charge in [0.1, 0.15) is 17.3 Å². The molecule has 1 aromatic heterocycles. The lowest BCUT2D eigenvalue weighted by molar-refractivity contribution is 0.482. The second-order valence-corrected chi connectivity index (χ2v) is 3.94. The van der Waals surface area contributed by atoms with E-state index >= 15 is 0 Å². The first-order valence-corrected chi connectivity index (χ1v) is 5.43. The van der Waals surface area contributed by atoms with E-state index in [4.69, 9.17) is 22.2 Å². The fourth-order valence-corrected chi connectivity index (χ4v) is 1.49. The molecule has 0 atom stereocenters. The third-order valence-electron chi connectivity index (χ3n) is 2.24. The van der Waals surface area contributed by atoms with Gasteiger partial charge in [-0.25, -0.2) is 10.8 Å². The molecule has 0 saturated carbocycles. The van der Waals surface area contributed by atoms with Crippen molar-refractivity contribution < 1.29 is 4.74 Å². The van der Waals surface area contributed by atoms with Crippen LogP contribution in [-0.2, 0) is 0 Å². The molecule has 5 heteroatoms. The smallest absolute Gasteiger partial charge is 0.143 e. The summed E-state index contributed by atoms with van der Waals surface area (Å²) in [5.74, 6) is 7.20.